The molecular weight excluding hydrogens is 543 g/mol. The van der Waals surface area contributed by atoms with Crippen molar-refractivity contribution in [2.75, 3.05) is 24.3 Å². The molecule has 0 radical (unpaired) electrons. The third-order valence-electron chi connectivity index (χ3n) is 5.68. The molecule has 206 valence electrons. The first kappa shape index (κ1) is 28.2. The van der Waals surface area contributed by atoms with Gasteiger partial charge in [-0.15, -0.1) is 11.3 Å². The summed E-state index contributed by atoms with van der Waals surface area (Å²) >= 11 is 1.41. The van der Waals surface area contributed by atoms with Crippen molar-refractivity contribution in [3.8, 4) is 22.1 Å². The lowest BCUT2D eigenvalue weighted by molar-refractivity contribution is 0.0675. The number of pyridine rings is 2. The molecule has 0 aliphatic heterocycles. The number of ether oxygens (including phenoxy) is 2. The molecule has 4 rings (SSSR count). The van der Waals surface area contributed by atoms with Crippen molar-refractivity contribution in [1.29, 1.82) is 0 Å². The fourth-order valence-electron chi connectivity index (χ4n) is 3.62. The minimum absolute atomic E-state index is 0.0624. The van der Waals surface area contributed by atoms with E-state index < -0.39 is 27.3 Å². The number of carbonyl (C=O) groups is 1. The van der Waals surface area contributed by atoms with Gasteiger partial charge < -0.3 is 15.2 Å². The Kier molecular flexibility index (Phi) is 8.07. The summed E-state index contributed by atoms with van der Waals surface area (Å²) in [6.45, 7) is 5.62. The first-order valence-electron chi connectivity index (χ1n) is 12.0. The number of benzene rings is 1. The highest BCUT2D eigenvalue weighted by Crippen LogP contribution is 2.39. The van der Waals surface area contributed by atoms with Gasteiger partial charge in [-0.3, -0.25) is 14.9 Å². The maximum Gasteiger partial charge on any atom is 0.410 e. The number of aromatic nitrogens is 2. The van der Waals surface area contributed by atoms with Crippen LogP contribution < -0.4 is 10.5 Å². The first-order chi connectivity index (χ1) is 18.3. The number of hydrogen-bond acceptors (Lipinski definition) is 9. The third kappa shape index (κ3) is 7.21. The van der Waals surface area contributed by atoms with Crippen molar-refractivity contribution < 1.29 is 27.1 Å². The fourth-order valence-corrected chi connectivity index (χ4v) is 5.05. The van der Waals surface area contributed by atoms with Crippen LogP contribution >= 0.6 is 11.3 Å². The lowest BCUT2D eigenvalue weighted by Crippen LogP contribution is -2.45. The quantitative estimate of drug-likeness (QED) is 0.269. The molecule has 0 fully saturated rings. The van der Waals surface area contributed by atoms with Crippen molar-refractivity contribution in [2.24, 2.45) is 0 Å². The van der Waals surface area contributed by atoms with Gasteiger partial charge in [0.25, 0.3) is 0 Å². The monoisotopic (exact) mass is 572 g/mol. The molecule has 9 nitrogen and oxygen atoms in total. The largest absolute Gasteiger partial charge is 0.453 e. The SMILES string of the molecule is CC(C)(C)N(Cc1ccc(-c2cc3nccc(Oc4ccc(N)cc4F)c3s2)nc1)C(=O)OCCS(C)(=O)=O. The molecule has 0 saturated carbocycles. The number of hydrogen-bond donors (Lipinski definition) is 1. The minimum atomic E-state index is -3.24. The predicted molar refractivity (Wildman–Crippen MR) is 150 cm³/mol. The Balaban J connectivity index is 1.52. The summed E-state index contributed by atoms with van der Waals surface area (Å²) in [6.07, 6.45) is 3.76. The Hall–Kier alpha value is -3.77. The zero-order valence-corrected chi connectivity index (χ0v) is 23.6. The Morgan fingerprint density at radius 2 is 1.87 bits per heavy atom. The molecule has 0 atom stereocenters. The number of nitrogen functional groups attached to an aromatic ring is 1. The minimum Gasteiger partial charge on any atom is -0.453 e. The van der Waals surface area contributed by atoms with Gasteiger partial charge in [0.05, 0.1) is 33.1 Å². The summed E-state index contributed by atoms with van der Waals surface area (Å²) in [4.78, 5) is 24.1. The van der Waals surface area contributed by atoms with Crippen molar-refractivity contribution in [2.45, 2.75) is 32.9 Å². The molecule has 0 aliphatic carbocycles. The molecule has 4 aromatic rings. The molecule has 0 unspecified atom stereocenters. The van der Waals surface area contributed by atoms with E-state index in [1.54, 1.807) is 24.5 Å². The van der Waals surface area contributed by atoms with E-state index >= 15 is 0 Å². The Labute approximate surface area is 230 Å². The van der Waals surface area contributed by atoms with Crippen LogP contribution in [0.25, 0.3) is 20.8 Å². The van der Waals surface area contributed by atoms with Crippen LogP contribution in [0.5, 0.6) is 11.5 Å². The number of sulfone groups is 1. The van der Waals surface area contributed by atoms with E-state index in [0.717, 1.165) is 21.4 Å². The summed E-state index contributed by atoms with van der Waals surface area (Å²) in [5, 5.41) is 0. The number of fused-ring (bicyclic) bond motifs is 1. The van der Waals surface area contributed by atoms with E-state index in [2.05, 4.69) is 9.97 Å². The molecule has 1 aromatic carbocycles. The predicted octanol–water partition coefficient (Wildman–Crippen LogP) is 5.65. The van der Waals surface area contributed by atoms with Gasteiger partial charge in [0.2, 0.25) is 0 Å². The Bertz CT molecular complexity index is 1600. The van der Waals surface area contributed by atoms with Crippen molar-refractivity contribution in [1.82, 2.24) is 14.9 Å². The van der Waals surface area contributed by atoms with Gasteiger partial charge >= 0.3 is 6.09 Å². The van der Waals surface area contributed by atoms with Crippen LogP contribution in [-0.2, 0) is 21.1 Å². The van der Waals surface area contributed by atoms with Crippen LogP contribution in [0.2, 0.25) is 0 Å². The maximum atomic E-state index is 14.3. The topological polar surface area (TPSA) is 125 Å². The number of amides is 1. The second-order valence-corrected chi connectivity index (χ2v) is 13.3. The lowest BCUT2D eigenvalue weighted by Gasteiger charge is -2.34. The molecule has 0 spiro atoms. The number of nitrogens with two attached hydrogens (primary N) is 1. The molecular formula is C27H29FN4O5S2. The van der Waals surface area contributed by atoms with Crippen LogP contribution in [0, 0.1) is 5.82 Å². The summed E-state index contributed by atoms with van der Waals surface area (Å²) < 4.78 is 48.8. The highest BCUT2D eigenvalue weighted by atomic mass is 32.2. The fraction of sp³-hybridized carbons (Fsp3) is 0.296. The molecule has 3 aromatic heterocycles. The average Bonchev–Trinajstić information content (AvgIpc) is 3.28. The molecule has 2 N–H and O–H groups in total. The Morgan fingerprint density at radius 1 is 1.10 bits per heavy atom. The van der Waals surface area contributed by atoms with Gasteiger partial charge in [0, 0.05) is 42.0 Å². The molecule has 0 aliphatic rings. The molecule has 39 heavy (non-hydrogen) atoms. The molecule has 12 heteroatoms. The maximum absolute atomic E-state index is 14.3. The highest BCUT2D eigenvalue weighted by Gasteiger charge is 2.28. The van der Waals surface area contributed by atoms with Crippen LogP contribution in [0.3, 0.4) is 0 Å². The summed E-state index contributed by atoms with van der Waals surface area (Å²) in [6, 6.07) is 11.5. The number of thiophene rings is 1. The van der Waals surface area contributed by atoms with Crippen molar-refractivity contribution in [3.05, 3.63) is 66.2 Å². The molecule has 0 bridgehead atoms. The summed E-state index contributed by atoms with van der Waals surface area (Å²) in [5.41, 5.74) is 7.52. The van der Waals surface area contributed by atoms with Gasteiger partial charge in [-0.2, -0.15) is 0 Å². The average molecular weight is 573 g/mol. The smallest absolute Gasteiger partial charge is 0.410 e. The number of nitrogens with zero attached hydrogens (tertiary/aromatic N) is 3. The van der Waals surface area contributed by atoms with Crippen LogP contribution in [0.15, 0.2) is 54.9 Å². The van der Waals surface area contributed by atoms with E-state index in [4.69, 9.17) is 15.2 Å². The van der Waals surface area contributed by atoms with E-state index in [1.165, 1.54) is 28.4 Å². The van der Waals surface area contributed by atoms with Crippen LogP contribution in [0.1, 0.15) is 26.3 Å². The normalized spacial score (nSPS) is 11.9. The zero-order chi connectivity index (χ0) is 28.4. The van der Waals surface area contributed by atoms with Gasteiger partial charge in [-0.1, -0.05) is 6.07 Å². The van der Waals surface area contributed by atoms with Gasteiger partial charge in [0.1, 0.15) is 12.4 Å². The second-order valence-electron chi connectivity index (χ2n) is 9.98. The first-order valence-corrected chi connectivity index (χ1v) is 14.9. The van der Waals surface area contributed by atoms with Crippen molar-refractivity contribution >= 4 is 43.2 Å². The molecule has 0 saturated heterocycles. The summed E-state index contributed by atoms with van der Waals surface area (Å²) in [5.74, 6) is -0.268. The number of rotatable bonds is 8. The van der Waals surface area contributed by atoms with Crippen molar-refractivity contribution in [3.63, 3.8) is 0 Å². The third-order valence-corrected chi connectivity index (χ3v) is 7.75. The van der Waals surface area contributed by atoms with Gasteiger partial charge in [-0.25, -0.2) is 17.6 Å². The second kappa shape index (κ2) is 11.1. The van der Waals surface area contributed by atoms with E-state index in [1.807, 2.05) is 39.0 Å². The highest BCUT2D eigenvalue weighted by molar-refractivity contribution is 7.90. The van der Waals surface area contributed by atoms with E-state index in [9.17, 15) is 17.6 Å². The van der Waals surface area contributed by atoms with Gasteiger partial charge in [-0.05, 0) is 50.6 Å². The lowest BCUT2D eigenvalue weighted by atomic mass is 10.1. The number of carbonyl (C=O) groups excluding carboxylic acids is 1. The van der Waals surface area contributed by atoms with Gasteiger partial charge in [0.15, 0.2) is 21.4 Å². The molecule has 3 heterocycles. The number of halogens is 1. The summed E-state index contributed by atoms with van der Waals surface area (Å²) in [7, 11) is -3.24. The van der Waals surface area contributed by atoms with Crippen LogP contribution in [-0.4, -0.2) is 53.5 Å². The zero-order valence-electron chi connectivity index (χ0n) is 22.0. The standard InChI is InChI=1S/C27H29FN4O5S2/c1-27(2,3)32(26(33)36-11-12-39(4,34)35)16-17-5-7-20(31-15-17)24-14-21-25(38-24)23(9-10-30-21)37-22-8-6-18(29)13-19(22)28/h5-10,13-15H,11-12,16,29H2,1-4H3. The van der Waals surface area contributed by atoms with E-state index in [-0.39, 0.29) is 24.7 Å². The van der Waals surface area contributed by atoms with E-state index in [0.29, 0.717) is 22.6 Å². The Morgan fingerprint density at radius 3 is 2.51 bits per heavy atom. The molecule has 1 amide bonds. The number of anilines is 1. The van der Waals surface area contributed by atoms with Crippen LogP contribution in [0.4, 0.5) is 14.9 Å².